The predicted octanol–water partition coefficient (Wildman–Crippen LogP) is 1.48. The fourth-order valence-corrected chi connectivity index (χ4v) is 1.24. The van der Waals surface area contributed by atoms with Gasteiger partial charge in [-0.25, -0.2) is 4.98 Å². The van der Waals surface area contributed by atoms with Gasteiger partial charge in [0.2, 0.25) is 0 Å². The van der Waals surface area contributed by atoms with Gasteiger partial charge in [0.15, 0.2) is 0 Å². The second-order valence-corrected chi connectivity index (χ2v) is 3.35. The Balaban J connectivity index is 2.64. The van der Waals surface area contributed by atoms with Gasteiger partial charge in [-0.2, -0.15) is 0 Å². The summed E-state index contributed by atoms with van der Waals surface area (Å²) in [7, 11) is 1.36. The molecule has 5 heteroatoms. The maximum atomic E-state index is 11.1. The van der Waals surface area contributed by atoms with Crippen molar-refractivity contribution in [1.29, 1.82) is 0 Å². The largest absolute Gasteiger partial charge is 0.469 e. The maximum absolute atomic E-state index is 11.1. The summed E-state index contributed by atoms with van der Waals surface area (Å²) in [6, 6.07) is 0. The molecule has 1 heterocycles. The van der Waals surface area contributed by atoms with Crippen LogP contribution in [0.2, 0.25) is 5.15 Å². The Morgan fingerprint density at radius 1 is 1.64 bits per heavy atom. The van der Waals surface area contributed by atoms with Crippen LogP contribution in [0.15, 0.2) is 12.4 Å². The Labute approximate surface area is 87.3 Å². The molecule has 0 spiro atoms. The molecule has 0 radical (unpaired) electrons. The molecule has 1 unspecified atom stereocenters. The molecule has 0 saturated carbocycles. The van der Waals surface area contributed by atoms with Crippen LogP contribution in [-0.2, 0) is 16.0 Å². The summed E-state index contributed by atoms with van der Waals surface area (Å²) in [5.74, 6) is -0.487. The van der Waals surface area contributed by atoms with Crippen LogP contribution in [0.5, 0.6) is 0 Å². The second-order valence-electron chi connectivity index (χ2n) is 2.96. The molecular weight excluding hydrogens is 204 g/mol. The quantitative estimate of drug-likeness (QED) is 0.716. The number of nitrogens with zero attached hydrogens (tertiary/aromatic N) is 2. The van der Waals surface area contributed by atoms with Gasteiger partial charge >= 0.3 is 5.97 Å². The van der Waals surface area contributed by atoms with Crippen molar-refractivity contribution in [3.05, 3.63) is 23.2 Å². The minimum atomic E-state index is -0.258. The van der Waals surface area contributed by atoms with Gasteiger partial charge in [-0.1, -0.05) is 18.5 Å². The van der Waals surface area contributed by atoms with Crippen LogP contribution in [0.25, 0.3) is 0 Å². The van der Waals surface area contributed by atoms with Gasteiger partial charge in [-0.05, 0) is 0 Å². The van der Waals surface area contributed by atoms with Crippen molar-refractivity contribution in [1.82, 2.24) is 9.97 Å². The summed E-state index contributed by atoms with van der Waals surface area (Å²) >= 11 is 5.65. The molecular formula is C9H11ClN2O2. The van der Waals surface area contributed by atoms with E-state index in [-0.39, 0.29) is 11.9 Å². The fourth-order valence-electron chi connectivity index (χ4n) is 1.08. The Hall–Kier alpha value is -1.16. The highest BCUT2D eigenvalue weighted by molar-refractivity contribution is 6.29. The third kappa shape index (κ3) is 2.96. The third-order valence-electron chi connectivity index (χ3n) is 1.77. The number of rotatable bonds is 3. The van der Waals surface area contributed by atoms with Crippen LogP contribution in [0.3, 0.4) is 0 Å². The molecule has 0 bridgehead atoms. The van der Waals surface area contributed by atoms with Crippen LogP contribution in [0.4, 0.5) is 0 Å². The van der Waals surface area contributed by atoms with Crippen molar-refractivity contribution in [2.75, 3.05) is 7.11 Å². The van der Waals surface area contributed by atoms with Crippen LogP contribution < -0.4 is 0 Å². The first kappa shape index (κ1) is 10.9. The molecule has 0 aromatic carbocycles. The van der Waals surface area contributed by atoms with Gasteiger partial charge < -0.3 is 4.74 Å². The lowest BCUT2D eigenvalue weighted by Crippen LogP contribution is -2.15. The van der Waals surface area contributed by atoms with Gasteiger partial charge in [0.1, 0.15) is 5.15 Å². The molecule has 0 N–H and O–H groups in total. The zero-order chi connectivity index (χ0) is 10.6. The van der Waals surface area contributed by atoms with E-state index in [9.17, 15) is 4.79 Å². The molecule has 0 fully saturated rings. The van der Waals surface area contributed by atoms with E-state index in [0.29, 0.717) is 17.3 Å². The molecule has 0 aliphatic carbocycles. The Kier molecular flexibility index (Phi) is 3.83. The number of hydrogen-bond acceptors (Lipinski definition) is 4. The Morgan fingerprint density at radius 2 is 2.36 bits per heavy atom. The van der Waals surface area contributed by atoms with Gasteiger partial charge in [0.25, 0.3) is 0 Å². The number of ether oxygens (including phenoxy) is 1. The van der Waals surface area contributed by atoms with Crippen LogP contribution >= 0.6 is 11.6 Å². The van der Waals surface area contributed by atoms with Crippen molar-refractivity contribution in [3.8, 4) is 0 Å². The smallest absolute Gasteiger partial charge is 0.308 e. The minimum Gasteiger partial charge on any atom is -0.469 e. The van der Waals surface area contributed by atoms with E-state index in [0.717, 1.165) is 0 Å². The standard InChI is InChI=1S/C9H11ClN2O2/c1-6(9(13)14-2)3-7-4-11-5-8(10)12-7/h4-6H,3H2,1-2H3. The Morgan fingerprint density at radius 3 is 2.93 bits per heavy atom. The first-order valence-electron chi connectivity index (χ1n) is 4.17. The van der Waals surface area contributed by atoms with Crippen molar-refractivity contribution in [3.63, 3.8) is 0 Å². The second kappa shape index (κ2) is 4.91. The first-order chi connectivity index (χ1) is 6.63. The van der Waals surface area contributed by atoms with Crippen molar-refractivity contribution in [2.24, 2.45) is 5.92 Å². The number of methoxy groups -OCH3 is 1. The van der Waals surface area contributed by atoms with E-state index >= 15 is 0 Å². The topological polar surface area (TPSA) is 52.1 Å². The molecule has 0 aliphatic rings. The number of carbonyl (C=O) groups excluding carboxylic acids is 1. The predicted molar refractivity (Wildman–Crippen MR) is 51.9 cm³/mol. The van der Waals surface area contributed by atoms with Gasteiger partial charge in [0.05, 0.1) is 24.9 Å². The monoisotopic (exact) mass is 214 g/mol. The molecule has 14 heavy (non-hydrogen) atoms. The van der Waals surface area contributed by atoms with Crippen molar-refractivity contribution >= 4 is 17.6 Å². The SMILES string of the molecule is COC(=O)C(C)Cc1cncc(Cl)n1. The van der Waals surface area contributed by atoms with E-state index in [1.165, 1.54) is 13.3 Å². The zero-order valence-electron chi connectivity index (χ0n) is 8.03. The number of aromatic nitrogens is 2. The number of hydrogen-bond donors (Lipinski definition) is 0. The van der Waals surface area contributed by atoms with E-state index in [4.69, 9.17) is 11.6 Å². The van der Waals surface area contributed by atoms with Crippen LogP contribution in [-0.4, -0.2) is 23.0 Å². The highest BCUT2D eigenvalue weighted by Crippen LogP contribution is 2.09. The molecule has 0 amide bonds. The highest BCUT2D eigenvalue weighted by Gasteiger charge is 2.14. The summed E-state index contributed by atoms with van der Waals surface area (Å²) in [4.78, 5) is 19.0. The fraction of sp³-hybridized carbons (Fsp3) is 0.444. The molecule has 1 aromatic rings. The lowest BCUT2D eigenvalue weighted by Gasteiger charge is -2.07. The lowest BCUT2D eigenvalue weighted by atomic mass is 10.1. The molecule has 76 valence electrons. The normalized spacial score (nSPS) is 12.2. The van der Waals surface area contributed by atoms with E-state index in [2.05, 4.69) is 14.7 Å². The highest BCUT2D eigenvalue weighted by atomic mass is 35.5. The van der Waals surface area contributed by atoms with Gasteiger partial charge in [-0.15, -0.1) is 0 Å². The summed E-state index contributed by atoms with van der Waals surface area (Å²) in [5.41, 5.74) is 0.690. The van der Waals surface area contributed by atoms with Crippen LogP contribution in [0.1, 0.15) is 12.6 Å². The van der Waals surface area contributed by atoms with Crippen molar-refractivity contribution in [2.45, 2.75) is 13.3 Å². The third-order valence-corrected chi connectivity index (χ3v) is 1.96. The molecule has 1 aromatic heterocycles. The molecule has 1 rings (SSSR count). The number of halogens is 1. The molecule has 0 aliphatic heterocycles. The summed E-state index contributed by atoms with van der Waals surface area (Å²) in [5, 5.41) is 0.333. The molecule has 0 saturated heterocycles. The summed E-state index contributed by atoms with van der Waals surface area (Å²) < 4.78 is 4.59. The average Bonchev–Trinajstić information content (AvgIpc) is 2.16. The Bertz CT molecular complexity index is 330. The lowest BCUT2D eigenvalue weighted by molar-refractivity contribution is -0.144. The van der Waals surface area contributed by atoms with E-state index in [1.807, 2.05) is 0 Å². The average molecular weight is 215 g/mol. The maximum Gasteiger partial charge on any atom is 0.308 e. The van der Waals surface area contributed by atoms with E-state index in [1.54, 1.807) is 13.1 Å². The van der Waals surface area contributed by atoms with Crippen molar-refractivity contribution < 1.29 is 9.53 Å². The molecule has 4 nitrogen and oxygen atoms in total. The molecule has 1 atom stereocenters. The van der Waals surface area contributed by atoms with Gasteiger partial charge in [0, 0.05) is 12.6 Å². The number of esters is 1. The summed E-state index contributed by atoms with van der Waals surface area (Å²) in [6.45, 7) is 1.77. The number of carbonyl (C=O) groups is 1. The summed E-state index contributed by atoms with van der Waals surface area (Å²) in [6.07, 6.45) is 3.53. The van der Waals surface area contributed by atoms with Crippen LogP contribution in [0, 0.1) is 5.92 Å². The zero-order valence-corrected chi connectivity index (χ0v) is 8.78. The minimum absolute atomic E-state index is 0.229. The van der Waals surface area contributed by atoms with Gasteiger partial charge in [-0.3, -0.25) is 9.78 Å². The van der Waals surface area contributed by atoms with E-state index < -0.39 is 0 Å². The first-order valence-corrected chi connectivity index (χ1v) is 4.55.